The van der Waals surface area contributed by atoms with Crippen LogP contribution < -0.4 is 0 Å². The summed E-state index contributed by atoms with van der Waals surface area (Å²) >= 11 is 12.0. The number of carbonyl (C=O) groups excluding carboxylic acids is 1. The monoisotopic (exact) mass is 303 g/mol. The molecule has 0 heterocycles. The molecule has 2 rings (SSSR count). The average Bonchev–Trinajstić information content (AvgIpc) is 2.44. The standard InChI is InChI=1S/C16H11Cl2NO/c1-10-5-2-3-6-11(10)13(9-19)16(20)12-7-4-8-14(17)15(12)18/h2-8,13H,1H3. The molecule has 0 saturated carbocycles. The van der Waals surface area contributed by atoms with Crippen LogP contribution in [0.15, 0.2) is 42.5 Å². The van der Waals surface area contributed by atoms with Crippen LogP contribution in [0, 0.1) is 18.3 Å². The summed E-state index contributed by atoms with van der Waals surface area (Å²) in [5, 5.41) is 9.84. The second kappa shape index (κ2) is 6.09. The minimum atomic E-state index is -0.882. The van der Waals surface area contributed by atoms with Crippen molar-refractivity contribution in [2.45, 2.75) is 12.8 Å². The van der Waals surface area contributed by atoms with Gasteiger partial charge in [-0.1, -0.05) is 53.5 Å². The molecular formula is C16H11Cl2NO. The van der Waals surface area contributed by atoms with E-state index in [0.717, 1.165) is 5.56 Å². The summed E-state index contributed by atoms with van der Waals surface area (Å²) < 4.78 is 0. The molecule has 2 aromatic carbocycles. The predicted molar refractivity (Wildman–Crippen MR) is 80.3 cm³/mol. The Morgan fingerprint density at radius 2 is 1.85 bits per heavy atom. The van der Waals surface area contributed by atoms with Gasteiger partial charge in [-0.2, -0.15) is 5.26 Å². The fourth-order valence-corrected chi connectivity index (χ4v) is 2.42. The number of hydrogen-bond donors (Lipinski definition) is 0. The van der Waals surface area contributed by atoms with E-state index in [9.17, 15) is 10.1 Å². The summed E-state index contributed by atoms with van der Waals surface area (Å²) in [5.41, 5.74) is 1.86. The van der Waals surface area contributed by atoms with E-state index in [-0.39, 0.29) is 16.4 Å². The van der Waals surface area contributed by atoms with Crippen molar-refractivity contribution < 1.29 is 4.79 Å². The van der Waals surface area contributed by atoms with Gasteiger partial charge < -0.3 is 0 Å². The van der Waals surface area contributed by atoms with Crippen LogP contribution in [0.2, 0.25) is 10.0 Å². The number of hydrogen-bond acceptors (Lipinski definition) is 2. The highest BCUT2D eigenvalue weighted by molar-refractivity contribution is 6.44. The Morgan fingerprint density at radius 1 is 1.15 bits per heavy atom. The predicted octanol–water partition coefficient (Wildman–Crippen LogP) is 4.79. The van der Waals surface area contributed by atoms with Crippen LogP contribution in [-0.2, 0) is 0 Å². The largest absolute Gasteiger partial charge is 0.292 e. The van der Waals surface area contributed by atoms with Crippen LogP contribution in [-0.4, -0.2) is 5.78 Å². The van der Waals surface area contributed by atoms with E-state index < -0.39 is 5.92 Å². The third-order valence-corrected chi connectivity index (χ3v) is 3.93. The number of rotatable bonds is 3. The van der Waals surface area contributed by atoms with Crippen molar-refractivity contribution in [2.24, 2.45) is 0 Å². The highest BCUT2D eigenvalue weighted by Gasteiger charge is 2.25. The zero-order valence-electron chi connectivity index (χ0n) is 10.7. The second-order valence-electron chi connectivity index (χ2n) is 4.38. The molecule has 0 radical (unpaired) electrons. The lowest BCUT2D eigenvalue weighted by molar-refractivity contribution is 0.0979. The van der Waals surface area contributed by atoms with E-state index in [4.69, 9.17) is 23.2 Å². The van der Waals surface area contributed by atoms with Crippen LogP contribution in [0.3, 0.4) is 0 Å². The van der Waals surface area contributed by atoms with Gasteiger partial charge in [0.25, 0.3) is 0 Å². The quantitative estimate of drug-likeness (QED) is 0.765. The van der Waals surface area contributed by atoms with Crippen molar-refractivity contribution in [1.82, 2.24) is 0 Å². The summed E-state index contributed by atoms with van der Waals surface area (Å²) in [5.74, 6) is -1.22. The molecule has 0 amide bonds. The van der Waals surface area contributed by atoms with Crippen LogP contribution in [0.25, 0.3) is 0 Å². The van der Waals surface area contributed by atoms with E-state index in [1.54, 1.807) is 30.3 Å². The zero-order valence-corrected chi connectivity index (χ0v) is 12.2. The van der Waals surface area contributed by atoms with Crippen molar-refractivity contribution in [3.8, 4) is 6.07 Å². The van der Waals surface area contributed by atoms with Crippen molar-refractivity contribution in [3.05, 3.63) is 69.2 Å². The molecular weight excluding hydrogens is 293 g/mol. The molecule has 0 aliphatic rings. The van der Waals surface area contributed by atoms with Crippen molar-refractivity contribution in [2.75, 3.05) is 0 Å². The molecule has 0 bridgehead atoms. The zero-order chi connectivity index (χ0) is 14.7. The van der Waals surface area contributed by atoms with Gasteiger partial charge in [0.1, 0.15) is 5.92 Å². The Morgan fingerprint density at radius 3 is 2.50 bits per heavy atom. The Hall–Kier alpha value is -1.82. The highest BCUT2D eigenvalue weighted by atomic mass is 35.5. The van der Waals surface area contributed by atoms with E-state index in [0.29, 0.717) is 10.6 Å². The summed E-state index contributed by atoms with van der Waals surface area (Å²) in [6.07, 6.45) is 0. The lowest BCUT2D eigenvalue weighted by Gasteiger charge is -2.12. The lowest BCUT2D eigenvalue weighted by atomic mass is 9.89. The number of nitrogens with zero attached hydrogens (tertiary/aromatic N) is 1. The molecule has 1 unspecified atom stereocenters. The van der Waals surface area contributed by atoms with Gasteiger partial charge in [-0.15, -0.1) is 0 Å². The number of carbonyl (C=O) groups is 1. The maximum Gasteiger partial charge on any atom is 0.186 e. The van der Waals surface area contributed by atoms with Gasteiger partial charge in [0.05, 0.1) is 16.1 Å². The van der Waals surface area contributed by atoms with E-state index in [1.807, 2.05) is 19.1 Å². The molecule has 0 fully saturated rings. The first kappa shape index (κ1) is 14.6. The maximum atomic E-state index is 12.5. The molecule has 100 valence electrons. The van der Waals surface area contributed by atoms with E-state index in [2.05, 4.69) is 6.07 Å². The number of Topliss-reactive ketones (excluding diaryl/α,β-unsaturated/α-hetero) is 1. The van der Waals surface area contributed by atoms with Gasteiger partial charge in [0, 0.05) is 5.56 Å². The third kappa shape index (κ3) is 2.70. The lowest BCUT2D eigenvalue weighted by Crippen LogP contribution is -2.13. The van der Waals surface area contributed by atoms with E-state index in [1.165, 1.54) is 0 Å². The first-order valence-corrected chi connectivity index (χ1v) is 6.75. The van der Waals surface area contributed by atoms with Gasteiger partial charge in [-0.05, 0) is 30.2 Å². The van der Waals surface area contributed by atoms with Gasteiger partial charge in [-0.3, -0.25) is 4.79 Å². The minimum Gasteiger partial charge on any atom is -0.292 e. The van der Waals surface area contributed by atoms with Gasteiger partial charge in [-0.25, -0.2) is 0 Å². The molecule has 2 nitrogen and oxygen atoms in total. The topological polar surface area (TPSA) is 40.9 Å². The van der Waals surface area contributed by atoms with Crippen LogP contribution in [0.1, 0.15) is 27.4 Å². The number of ketones is 1. The van der Waals surface area contributed by atoms with Gasteiger partial charge in [0.2, 0.25) is 0 Å². The van der Waals surface area contributed by atoms with Gasteiger partial charge in [0.15, 0.2) is 5.78 Å². The molecule has 20 heavy (non-hydrogen) atoms. The maximum absolute atomic E-state index is 12.5. The Labute approximate surface area is 127 Å². The van der Waals surface area contributed by atoms with Crippen molar-refractivity contribution >= 4 is 29.0 Å². The SMILES string of the molecule is Cc1ccccc1C(C#N)C(=O)c1cccc(Cl)c1Cl. The van der Waals surface area contributed by atoms with Crippen molar-refractivity contribution in [3.63, 3.8) is 0 Å². The third-order valence-electron chi connectivity index (χ3n) is 3.11. The van der Waals surface area contributed by atoms with Gasteiger partial charge >= 0.3 is 0 Å². The van der Waals surface area contributed by atoms with Crippen molar-refractivity contribution in [1.29, 1.82) is 5.26 Å². The fourth-order valence-electron chi connectivity index (χ4n) is 2.03. The number of benzene rings is 2. The Bertz CT molecular complexity index is 704. The Kier molecular flexibility index (Phi) is 4.44. The van der Waals surface area contributed by atoms with Crippen LogP contribution in [0.4, 0.5) is 0 Å². The summed E-state index contributed by atoms with van der Waals surface area (Å²) in [4.78, 5) is 12.5. The van der Waals surface area contributed by atoms with Crippen LogP contribution in [0.5, 0.6) is 0 Å². The molecule has 1 atom stereocenters. The molecule has 0 saturated heterocycles. The number of halogens is 2. The smallest absolute Gasteiger partial charge is 0.186 e. The fraction of sp³-hybridized carbons (Fsp3) is 0.125. The summed E-state index contributed by atoms with van der Waals surface area (Å²) in [7, 11) is 0. The van der Waals surface area contributed by atoms with Crippen LogP contribution >= 0.6 is 23.2 Å². The summed E-state index contributed by atoms with van der Waals surface area (Å²) in [6, 6.07) is 14.2. The molecule has 4 heteroatoms. The average molecular weight is 304 g/mol. The number of aryl methyl sites for hydroxylation is 1. The second-order valence-corrected chi connectivity index (χ2v) is 5.17. The summed E-state index contributed by atoms with van der Waals surface area (Å²) in [6.45, 7) is 1.87. The molecule has 0 aliphatic heterocycles. The number of nitriles is 1. The normalized spacial score (nSPS) is 11.7. The molecule has 0 aromatic heterocycles. The molecule has 0 N–H and O–H groups in total. The highest BCUT2D eigenvalue weighted by Crippen LogP contribution is 2.30. The molecule has 0 aliphatic carbocycles. The molecule has 2 aromatic rings. The first-order chi connectivity index (χ1) is 9.56. The minimum absolute atomic E-state index is 0.188. The molecule has 0 spiro atoms. The Balaban J connectivity index is 2.49. The first-order valence-electron chi connectivity index (χ1n) is 5.99. The van der Waals surface area contributed by atoms with E-state index >= 15 is 0 Å².